The third-order valence-electron chi connectivity index (χ3n) is 7.65. The number of benzene rings is 1. The fraction of sp³-hybridized carbons (Fsp3) is 0.654. The van der Waals surface area contributed by atoms with Crippen molar-refractivity contribution in [2.75, 3.05) is 26.2 Å². The van der Waals surface area contributed by atoms with Gasteiger partial charge in [-0.2, -0.15) is 0 Å². The van der Waals surface area contributed by atoms with Crippen molar-refractivity contribution < 1.29 is 14.7 Å². The Morgan fingerprint density at radius 2 is 1.80 bits per heavy atom. The van der Waals surface area contributed by atoms with Crippen LogP contribution in [0.25, 0.3) is 11.0 Å². The van der Waals surface area contributed by atoms with E-state index in [1.807, 2.05) is 6.07 Å². The minimum atomic E-state index is -0.662. The number of piperidine rings is 2. The fourth-order valence-electron chi connectivity index (χ4n) is 5.58. The zero-order valence-corrected chi connectivity index (χ0v) is 20.7. The predicted molar refractivity (Wildman–Crippen MR) is 135 cm³/mol. The van der Waals surface area contributed by atoms with Gasteiger partial charge in [0.05, 0.1) is 17.1 Å². The molecule has 2 saturated heterocycles. The highest BCUT2D eigenvalue weighted by Gasteiger charge is 2.31. The number of hydrogen-bond acceptors (Lipinski definition) is 6. The second-order valence-electron chi connectivity index (χ2n) is 10.1. The fourth-order valence-corrected chi connectivity index (χ4v) is 5.58. The van der Waals surface area contributed by atoms with E-state index in [4.69, 9.17) is 5.73 Å². The van der Waals surface area contributed by atoms with Crippen molar-refractivity contribution in [1.82, 2.24) is 19.4 Å². The Morgan fingerprint density at radius 1 is 1.06 bits per heavy atom. The maximum absolute atomic E-state index is 13.0. The molecule has 1 aromatic heterocycles. The van der Waals surface area contributed by atoms with Crippen LogP contribution in [0.2, 0.25) is 0 Å². The summed E-state index contributed by atoms with van der Waals surface area (Å²) in [5.41, 5.74) is 8.03. The van der Waals surface area contributed by atoms with Gasteiger partial charge in [-0.25, -0.2) is 4.79 Å². The molecule has 2 atom stereocenters. The molecule has 0 aliphatic carbocycles. The number of aryl methyl sites for hydroxylation is 1. The first kappa shape index (κ1) is 25.6. The lowest BCUT2D eigenvalue weighted by atomic mass is 9.89. The minimum Gasteiger partial charge on any atom is -0.392 e. The molecule has 192 valence electrons. The van der Waals surface area contributed by atoms with E-state index in [9.17, 15) is 19.5 Å². The van der Waals surface area contributed by atoms with Crippen molar-refractivity contribution in [3.05, 3.63) is 34.2 Å². The number of amides is 2. The zero-order chi connectivity index (χ0) is 24.9. The number of nitrogens with one attached hydrogen (secondary N) is 1. The molecule has 9 heteroatoms. The summed E-state index contributed by atoms with van der Waals surface area (Å²) in [7, 11) is 1.73. The van der Waals surface area contributed by atoms with Gasteiger partial charge in [-0.05, 0) is 75.4 Å². The molecule has 0 bridgehead atoms. The lowest BCUT2D eigenvalue weighted by Crippen LogP contribution is -2.44. The summed E-state index contributed by atoms with van der Waals surface area (Å²) >= 11 is 0. The van der Waals surface area contributed by atoms with Crippen LogP contribution in [0.4, 0.5) is 0 Å². The lowest BCUT2D eigenvalue weighted by Gasteiger charge is -2.33. The molecule has 0 saturated carbocycles. The summed E-state index contributed by atoms with van der Waals surface area (Å²) in [4.78, 5) is 39.3. The molecule has 9 nitrogen and oxygen atoms in total. The number of fused-ring (bicyclic) bond motifs is 1. The predicted octanol–water partition coefficient (Wildman–Crippen LogP) is 1.77. The van der Waals surface area contributed by atoms with Gasteiger partial charge < -0.3 is 15.7 Å². The van der Waals surface area contributed by atoms with Crippen LogP contribution in [0.3, 0.4) is 0 Å². The van der Waals surface area contributed by atoms with E-state index in [0.717, 1.165) is 82.2 Å². The van der Waals surface area contributed by atoms with E-state index in [2.05, 4.69) is 22.3 Å². The molecule has 4 N–H and O–H groups in total. The molecule has 4 rings (SSSR count). The Balaban J connectivity index is 1.37. The van der Waals surface area contributed by atoms with Crippen molar-refractivity contribution in [1.29, 1.82) is 0 Å². The van der Waals surface area contributed by atoms with E-state index in [1.54, 1.807) is 11.6 Å². The second-order valence-corrected chi connectivity index (χ2v) is 10.1. The number of nitrogens with zero attached hydrogens (tertiary/aromatic N) is 3. The summed E-state index contributed by atoms with van der Waals surface area (Å²) in [6.07, 6.45) is 7.55. The maximum Gasteiger partial charge on any atom is 0.329 e. The highest BCUT2D eigenvalue weighted by Crippen LogP contribution is 2.31. The molecule has 2 aliphatic rings. The molecule has 3 heterocycles. The molecule has 35 heavy (non-hydrogen) atoms. The Bertz CT molecular complexity index is 1100. The summed E-state index contributed by atoms with van der Waals surface area (Å²) in [6, 6.07) is 5.43. The molecular formula is C26H39N5O4. The molecule has 2 amide bonds. The average Bonchev–Trinajstić information content (AvgIpc) is 3.09. The number of carbonyl (C=O) groups is 2. The van der Waals surface area contributed by atoms with E-state index in [-0.39, 0.29) is 24.1 Å². The van der Waals surface area contributed by atoms with E-state index < -0.39 is 11.9 Å². The number of aliphatic hydroxyl groups excluding tert-OH is 1. The van der Waals surface area contributed by atoms with Gasteiger partial charge in [-0.15, -0.1) is 0 Å². The van der Waals surface area contributed by atoms with Crippen molar-refractivity contribution in [2.24, 2.45) is 12.8 Å². The van der Waals surface area contributed by atoms with Crippen LogP contribution in [0.1, 0.15) is 75.3 Å². The zero-order valence-electron chi connectivity index (χ0n) is 20.7. The van der Waals surface area contributed by atoms with E-state index in [0.29, 0.717) is 12.3 Å². The van der Waals surface area contributed by atoms with Crippen molar-refractivity contribution >= 4 is 22.8 Å². The van der Waals surface area contributed by atoms with Crippen LogP contribution in [0.5, 0.6) is 0 Å². The van der Waals surface area contributed by atoms with Gasteiger partial charge >= 0.3 is 5.69 Å². The highest BCUT2D eigenvalue weighted by atomic mass is 16.3. The summed E-state index contributed by atoms with van der Waals surface area (Å²) in [5, 5.41) is 12.8. The first-order chi connectivity index (χ1) is 16.9. The molecule has 0 spiro atoms. The Labute approximate surface area is 206 Å². The normalized spacial score (nSPS) is 20.9. The monoisotopic (exact) mass is 485 g/mol. The number of imidazole rings is 1. The smallest absolute Gasteiger partial charge is 0.329 e. The van der Waals surface area contributed by atoms with Gasteiger partial charge in [0.25, 0.3) is 0 Å². The molecule has 2 unspecified atom stereocenters. The number of aromatic nitrogens is 2. The number of rotatable bonds is 10. The Hall–Kier alpha value is -2.49. The van der Waals surface area contributed by atoms with Gasteiger partial charge in [0, 0.05) is 20.0 Å². The lowest BCUT2D eigenvalue weighted by molar-refractivity contribution is -0.135. The largest absolute Gasteiger partial charge is 0.392 e. The molecule has 2 aliphatic heterocycles. The average molecular weight is 486 g/mol. The van der Waals surface area contributed by atoms with Gasteiger partial charge in [-0.1, -0.05) is 25.3 Å². The number of likely N-dealkylation sites (tertiary alicyclic amines) is 1. The van der Waals surface area contributed by atoms with E-state index in [1.165, 1.54) is 10.1 Å². The third-order valence-corrected chi connectivity index (χ3v) is 7.65. The first-order valence-corrected chi connectivity index (χ1v) is 13.0. The van der Waals surface area contributed by atoms with Gasteiger partial charge in [0.2, 0.25) is 11.8 Å². The standard InChI is InChI=1S/C26H39N5O4/c1-29-23-16-19(7-8-21(23)31(26(29)35)22-9-10-24(33)28-25(22)34)18-11-14-30(15-12-18)17-20(32)6-4-2-3-5-13-27/h7-8,16,18,20,22,32H,2-6,9-15,17,27H2,1H3,(H,28,33,34). The van der Waals surface area contributed by atoms with Gasteiger partial charge in [-0.3, -0.25) is 24.0 Å². The van der Waals surface area contributed by atoms with Crippen molar-refractivity contribution in [2.45, 2.75) is 75.9 Å². The van der Waals surface area contributed by atoms with Crippen LogP contribution >= 0.6 is 0 Å². The minimum absolute atomic E-state index is 0.235. The van der Waals surface area contributed by atoms with Crippen LogP contribution in [0.15, 0.2) is 23.0 Å². The molecule has 2 aromatic rings. The van der Waals surface area contributed by atoms with Crippen LogP contribution < -0.4 is 16.7 Å². The number of nitrogens with two attached hydrogens (primary N) is 1. The van der Waals surface area contributed by atoms with Crippen molar-refractivity contribution in [3.63, 3.8) is 0 Å². The van der Waals surface area contributed by atoms with E-state index >= 15 is 0 Å². The quantitative estimate of drug-likeness (QED) is 0.348. The first-order valence-electron chi connectivity index (χ1n) is 13.0. The number of hydrogen-bond donors (Lipinski definition) is 3. The summed E-state index contributed by atoms with van der Waals surface area (Å²) in [5.74, 6) is -0.300. The number of imide groups is 1. The maximum atomic E-state index is 13.0. The van der Waals surface area contributed by atoms with Crippen LogP contribution in [-0.2, 0) is 16.6 Å². The third kappa shape index (κ3) is 5.85. The molecular weight excluding hydrogens is 446 g/mol. The molecule has 2 fully saturated rings. The van der Waals surface area contributed by atoms with Gasteiger partial charge in [0.1, 0.15) is 6.04 Å². The molecule has 0 radical (unpaired) electrons. The Morgan fingerprint density at radius 3 is 2.51 bits per heavy atom. The number of aliphatic hydroxyl groups is 1. The Kier molecular flexibility index (Phi) is 8.41. The van der Waals surface area contributed by atoms with Crippen LogP contribution in [-0.4, -0.2) is 63.2 Å². The number of β-amino-alcohol motifs (C(OH)–C–C–N with tert-alkyl or cyclic N) is 1. The molecule has 1 aromatic carbocycles. The van der Waals surface area contributed by atoms with Gasteiger partial charge in [0.15, 0.2) is 0 Å². The highest BCUT2D eigenvalue weighted by molar-refractivity contribution is 6.00. The summed E-state index contributed by atoms with van der Waals surface area (Å²) in [6.45, 7) is 3.37. The van der Waals surface area contributed by atoms with Crippen molar-refractivity contribution in [3.8, 4) is 0 Å². The summed E-state index contributed by atoms with van der Waals surface area (Å²) < 4.78 is 3.13. The number of carbonyl (C=O) groups excluding carboxylic acids is 2. The van der Waals surface area contributed by atoms with Crippen LogP contribution in [0, 0.1) is 0 Å². The topological polar surface area (TPSA) is 123 Å². The number of unbranched alkanes of at least 4 members (excludes halogenated alkanes) is 3. The second kappa shape index (κ2) is 11.5. The SMILES string of the molecule is Cn1c(=O)n(C2CCC(=O)NC2=O)c2ccc(C3CCN(CC(O)CCCCCCN)CC3)cc21.